The van der Waals surface area contributed by atoms with E-state index < -0.39 is 0 Å². The third kappa shape index (κ3) is 3.32. The Labute approximate surface area is 90.7 Å². The van der Waals surface area contributed by atoms with Crippen LogP contribution in [0, 0.1) is 19.8 Å². The van der Waals surface area contributed by atoms with Crippen molar-refractivity contribution in [1.29, 1.82) is 0 Å². The molecule has 0 saturated carbocycles. The number of aliphatic hydroxyl groups excluding tert-OH is 1. The summed E-state index contributed by atoms with van der Waals surface area (Å²) >= 11 is 0. The Hall–Kier alpha value is -0.870. The molecule has 0 saturated heterocycles. The third-order valence-corrected chi connectivity index (χ3v) is 2.61. The van der Waals surface area contributed by atoms with Crippen LogP contribution in [0.4, 0.5) is 0 Å². The quantitative estimate of drug-likeness (QED) is 0.774. The van der Waals surface area contributed by atoms with Crippen LogP contribution in [-0.2, 0) is 6.54 Å². The number of aromatic nitrogens is 1. The first kappa shape index (κ1) is 12.2. The summed E-state index contributed by atoms with van der Waals surface area (Å²) in [6, 6.07) is 0. The first-order valence-corrected chi connectivity index (χ1v) is 5.33. The van der Waals surface area contributed by atoms with Crippen LogP contribution in [0.1, 0.15) is 30.9 Å². The second-order valence-electron chi connectivity index (χ2n) is 4.24. The molecule has 4 nitrogen and oxygen atoms in total. The fraction of sp³-hybridized carbons (Fsp3) is 0.727. The molecule has 0 fully saturated rings. The Morgan fingerprint density at radius 2 is 2.07 bits per heavy atom. The Kier molecular flexibility index (Phi) is 4.29. The van der Waals surface area contributed by atoms with Gasteiger partial charge in [-0.2, -0.15) is 0 Å². The lowest BCUT2D eigenvalue weighted by Gasteiger charge is -2.14. The highest BCUT2D eigenvalue weighted by Crippen LogP contribution is 2.11. The smallest absolute Gasteiger partial charge is 0.138 e. The maximum absolute atomic E-state index is 9.59. The van der Waals surface area contributed by atoms with Crippen LogP contribution in [0.25, 0.3) is 0 Å². The second kappa shape index (κ2) is 5.28. The molecule has 2 N–H and O–H groups in total. The van der Waals surface area contributed by atoms with Gasteiger partial charge in [0.25, 0.3) is 0 Å². The van der Waals surface area contributed by atoms with Crippen molar-refractivity contribution in [2.24, 2.45) is 5.92 Å². The van der Waals surface area contributed by atoms with E-state index in [-0.39, 0.29) is 12.0 Å². The van der Waals surface area contributed by atoms with Gasteiger partial charge in [0.15, 0.2) is 0 Å². The average molecular weight is 212 g/mol. The predicted octanol–water partition coefficient (Wildman–Crippen LogP) is 1.40. The molecule has 0 aliphatic carbocycles. The van der Waals surface area contributed by atoms with Gasteiger partial charge in [-0.25, -0.2) is 0 Å². The lowest BCUT2D eigenvalue weighted by molar-refractivity contribution is 0.123. The van der Waals surface area contributed by atoms with Crippen molar-refractivity contribution in [2.75, 3.05) is 6.54 Å². The zero-order chi connectivity index (χ0) is 11.4. The van der Waals surface area contributed by atoms with Crippen LogP contribution in [0.15, 0.2) is 4.52 Å². The predicted molar refractivity (Wildman–Crippen MR) is 58.5 cm³/mol. The summed E-state index contributed by atoms with van der Waals surface area (Å²) in [6.45, 7) is 9.12. The molecule has 0 aromatic carbocycles. The Balaban J connectivity index is 2.38. The van der Waals surface area contributed by atoms with Crippen molar-refractivity contribution in [2.45, 2.75) is 40.3 Å². The molecule has 0 bridgehead atoms. The first-order chi connectivity index (χ1) is 7.02. The number of hydrogen-bond acceptors (Lipinski definition) is 4. The number of aryl methyl sites for hydroxylation is 2. The average Bonchev–Trinajstić information content (AvgIpc) is 2.48. The fourth-order valence-electron chi connectivity index (χ4n) is 1.34. The normalized spacial score (nSPS) is 13.5. The number of rotatable bonds is 5. The fourth-order valence-corrected chi connectivity index (χ4v) is 1.34. The highest BCUT2D eigenvalue weighted by atomic mass is 16.5. The van der Waals surface area contributed by atoms with E-state index in [1.807, 2.05) is 27.7 Å². The highest BCUT2D eigenvalue weighted by Gasteiger charge is 2.11. The molecule has 1 aromatic heterocycles. The monoisotopic (exact) mass is 212 g/mol. The summed E-state index contributed by atoms with van der Waals surface area (Å²) in [6.07, 6.45) is -0.300. The van der Waals surface area contributed by atoms with Gasteiger partial charge in [-0.3, -0.25) is 0 Å². The van der Waals surface area contributed by atoms with Gasteiger partial charge in [0.05, 0.1) is 11.8 Å². The van der Waals surface area contributed by atoms with Crippen molar-refractivity contribution in [3.05, 3.63) is 17.0 Å². The Morgan fingerprint density at radius 1 is 1.40 bits per heavy atom. The molecule has 1 rings (SSSR count). The topological polar surface area (TPSA) is 58.3 Å². The van der Waals surface area contributed by atoms with Crippen molar-refractivity contribution in [1.82, 2.24) is 10.5 Å². The molecule has 1 aromatic rings. The molecule has 1 heterocycles. The van der Waals surface area contributed by atoms with E-state index in [4.69, 9.17) is 4.52 Å². The van der Waals surface area contributed by atoms with Gasteiger partial charge < -0.3 is 14.9 Å². The number of aliphatic hydroxyl groups is 1. The largest absolute Gasteiger partial charge is 0.392 e. The summed E-state index contributed by atoms with van der Waals surface area (Å²) in [7, 11) is 0. The summed E-state index contributed by atoms with van der Waals surface area (Å²) in [5.74, 6) is 1.13. The number of nitrogens with one attached hydrogen (secondary N) is 1. The Bertz CT molecular complexity index is 288. The maximum atomic E-state index is 9.59. The van der Waals surface area contributed by atoms with E-state index in [2.05, 4.69) is 10.5 Å². The molecule has 1 atom stereocenters. The van der Waals surface area contributed by atoms with E-state index in [0.717, 1.165) is 17.0 Å². The standard InChI is InChI=1S/C11H20N2O2/c1-7(2)11(14)6-12-5-10-8(3)13-15-9(10)4/h7,11-12,14H,5-6H2,1-4H3. The van der Waals surface area contributed by atoms with Crippen LogP contribution in [0.3, 0.4) is 0 Å². The van der Waals surface area contributed by atoms with E-state index in [9.17, 15) is 5.11 Å². The number of nitrogens with zero attached hydrogens (tertiary/aromatic N) is 1. The van der Waals surface area contributed by atoms with Gasteiger partial charge in [-0.05, 0) is 19.8 Å². The lowest BCUT2D eigenvalue weighted by Crippen LogP contribution is -2.30. The van der Waals surface area contributed by atoms with Gasteiger partial charge in [-0.1, -0.05) is 19.0 Å². The van der Waals surface area contributed by atoms with Crippen molar-refractivity contribution in [3.8, 4) is 0 Å². The summed E-state index contributed by atoms with van der Waals surface area (Å²) in [5, 5.41) is 16.7. The summed E-state index contributed by atoms with van der Waals surface area (Å²) in [5.41, 5.74) is 2.00. The minimum atomic E-state index is -0.300. The van der Waals surface area contributed by atoms with Crippen molar-refractivity contribution < 1.29 is 9.63 Å². The first-order valence-electron chi connectivity index (χ1n) is 5.33. The Morgan fingerprint density at radius 3 is 2.53 bits per heavy atom. The van der Waals surface area contributed by atoms with Crippen LogP contribution in [0.2, 0.25) is 0 Å². The zero-order valence-electron chi connectivity index (χ0n) is 9.87. The molecule has 0 spiro atoms. The molecule has 15 heavy (non-hydrogen) atoms. The summed E-state index contributed by atoms with van der Waals surface area (Å²) < 4.78 is 5.05. The molecule has 4 heteroatoms. The van der Waals surface area contributed by atoms with E-state index >= 15 is 0 Å². The van der Waals surface area contributed by atoms with Crippen LogP contribution >= 0.6 is 0 Å². The van der Waals surface area contributed by atoms with Crippen molar-refractivity contribution in [3.63, 3.8) is 0 Å². The van der Waals surface area contributed by atoms with E-state index in [1.165, 1.54) is 0 Å². The molecule has 0 radical (unpaired) electrons. The van der Waals surface area contributed by atoms with Crippen molar-refractivity contribution >= 4 is 0 Å². The molecule has 0 aliphatic rings. The number of hydrogen-bond donors (Lipinski definition) is 2. The summed E-state index contributed by atoms with van der Waals surface area (Å²) in [4.78, 5) is 0. The zero-order valence-corrected chi connectivity index (χ0v) is 9.87. The third-order valence-electron chi connectivity index (χ3n) is 2.61. The molecular formula is C11H20N2O2. The minimum absolute atomic E-state index is 0.280. The lowest BCUT2D eigenvalue weighted by atomic mass is 10.1. The highest BCUT2D eigenvalue weighted by molar-refractivity contribution is 5.20. The van der Waals surface area contributed by atoms with Crippen LogP contribution in [-0.4, -0.2) is 22.9 Å². The maximum Gasteiger partial charge on any atom is 0.138 e. The van der Waals surface area contributed by atoms with E-state index in [0.29, 0.717) is 13.1 Å². The van der Waals surface area contributed by atoms with Gasteiger partial charge in [0.1, 0.15) is 5.76 Å². The molecule has 0 aliphatic heterocycles. The van der Waals surface area contributed by atoms with Gasteiger partial charge in [0, 0.05) is 18.7 Å². The van der Waals surface area contributed by atoms with Gasteiger partial charge >= 0.3 is 0 Å². The molecular weight excluding hydrogens is 192 g/mol. The van der Waals surface area contributed by atoms with E-state index in [1.54, 1.807) is 0 Å². The molecule has 86 valence electrons. The molecule has 0 amide bonds. The minimum Gasteiger partial charge on any atom is -0.392 e. The molecule has 1 unspecified atom stereocenters. The van der Waals surface area contributed by atoms with Gasteiger partial charge in [-0.15, -0.1) is 0 Å². The van der Waals surface area contributed by atoms with Gasteiger partial charge in [0.2, 0.25) is 0 Å². The van der Waals surface area contributed by atoms with Crippen LogP contribution in [0.5, 0.6) is 0 Å². The second-order valence-corrected chi connectivity index (χ2v) is 4.24. The van der Waals surface area contributed by atoms with Crippen LogP contribution < -0.4 is 5.32 Å². The SMILES string of the molecule is Cc1noc(C)c1CNCC(O)C(C)C.